The first-order valence-electron chi connectivity index (χ1n) is 11.8. The minimum Gasteiger partial charge on any atom is -0.349 e. The van der Waals surface area contributed by atoms with Crippen molar-refractivity contribution >= 4 is 11.8 Å². The Kier molecular flexibility index (Phi) is 6.34. The van der Waals surface area contributed by atoms with Gasteiger partial charge in [0, 0.05) is 26.2 Å². The van der Waals surface area contributed by atoms with Crippen LogP contribution in [0.15, 0.2) is 78.9 Å². The van der Waals surface area contributed by atoms with Gasteiger partial charge in [-0.1, -0.05) is 54.6 Å². The van der Waals surface area contributed by atoms with Crippen molar-refractivity contribution in [2.45, 2.75) is 24.4 Å². The van der Waals surface area contributed by atoms with Gasteiger partial charge in [-0.05, 0) is 47.4 Å². The summed E-state index contributed by atoms with van der Waals surface area (Å²) < 4.78 is 27.2. The number of rotatable bonds is 7. The average molecular weight is 476 g/mol. The van der Waals surface area contributed by atoms with E-state index in [0.717, 1.165) is 19.6 Å². The van der Waals surface area contributed by atoms with E-state index in [1.54, 1.807) is 29.2 Å². The largest absolute Gasteiger partial charge is 0.349 e. The van der Waals surface area contributed by atoms with Gasteiger partial charge in [0.25, 0.3) is 0 Å². The number of benzene rings is 3. The highest BCUT2D eigenvalue weighted by Gasteiger charge is 2.49. The molecule has 3 aromatic rings. The molecule has 0 bridgehead atoms. The van der Waals surface area contributed by atoms with Crippen LogP contribution in [0.5, 0.6) is 0 Å². The second kappa shape index (κ2) is 9.58. The maximum absolute atomic E-state index is 13.7. The van der Waals surface area contributed by atoms with Gasteiger partial charge in [-0.3, -0.25) is 14.5 Å². The molecule has 35 heavy (non-hydrogen) atoms. The van der Waals surface area contributed by atoms with Crippen molar-refractivity contribution in [2.75, 3.05) is 26.2 Å². The van der Waals surface area contributed by atoms with Gasteiger partial charge in [-0.2, -0.15) is 0 Å². The van der Waals surface area contributed by atoms with Crippen LogP contribution in [0.25, 0.3) is 0 Å². The fraction of sp³-hybridized carbons (Fsp3) is 0.286. The Morgan fingerprint density at radius 2 is 1.46 bits per heavy atom. The second-order valence-corrected chi connectivity index (χ2v) is 9.34. The van der Waals surface area contributed by atoms with E-state index < -0.39 is 17.0 Å². The number of nitrogens with one attached hydrogen (secondary N) is 1. The van der Waals surface area contributed by atoms with Crippen molar-refractivity contribution in [1.29, 1.82) is 0 Å². The predicted molar refractivity (Wildman–Crippen MR) is 128 cm³/mol. The molecule has 0 saturated carbocycles. The Labute approximate surface area is 203 Å². The van der Waals surface area contributed by atoms with Crippen LogP contribution in [-0.4, -0.2) is 53.8 Å². The summed E-state index contributed by atoms with van der Waals surface area (Å²) in [5.41, 5.74) is 1.42. The third-order valence-corrected chi connectivity index (χ3v) is 6.99. The standard InChI is InChI=1S/C28H27F2N3O2/c29-23-10-6-21(7-11-23)28(22-8-12-24(30)13-9-22)14-15-33(27(28)35)19-26(34)31-25-17-32(18-25)16-20-4-2-1-3-5-20/h1-13,25H,14-19H2,(H,31,34). The van der Waals surface area contributed by atoms with Gasteiger partial charge in [0.05, 0.1) is 12.6 Å². The minimum atomic E-state index is -1.08. The van der Waals surface area contributed by atoms with E-state index in [9.17, 15) is 18.4 Å². The summed E-state index contributed by atoms with van der Waals surface area (Å²) in [6.07, 6.45) is 0.421. The van der Waals surface area contributed by atoms with Crippen LogP contribution in [0.3, 0.4) is 0 Å². The molecular formula is C28H27F2N3O2. The lowest BCUT2D eigenvalue weighted by Crippen LogP contribution is -2.59. The molecule has 2 aliphatic rings. The lowest BCUT2D eigenvalue weighted by atomic mass is 9.73. The summed E-state index contributed by atoms with van der Waals surface area (Å²) in [6.45, 7) is 2.72. The molecule has 0 radical (unpaired) electrons. The number of hydrogen-bond donors (Lipinski definition) is 1. The molecule has 7 heteroatoms. The Balaban J connectivity index is 1.24. The lowest BCUT2D eigenvalue weighted by molar-refractivity contribution is -0.136. The van der Waals surface area contributed by atoms with Gasteiger partial charge in [0.2, 0.25) is 11.8 Å². The molecule has 2 aliphatic heterocycles. The van der Waals surface area contributed by atoms with Crippen molar-refractivity contribution in [3.8, 4) is 0 Å². The zero-order chi connectivity index (χ0) is 24.4. The molecule has 2 heterocycles. The van der Waals surface area contributed by atoms with Gasteiger partial charge in [0.1, 0.15) is 17.0 Å². The summed E-state index contributed by atoms with van der Waals surface area (Å²) in [5, 5.41) is 3.03. The van der Waals surface area contributed by atoms with Crippen LogP contribution in [0.4, 0.5) is 8.78 Å². The number of carbonyl (C=O) groups excluding carboxylic acids is 2. The normalized spacial score (nSPS) is 17.9. The predicted octanol–water partition coefficient (Wildman–Crippen LogP) is 3.48. The maximum Gasteiger partial charge on any atom is 0.239 e. The highest BCUT2D eigenvalue weighted by Crippen LogP contribution is 2.42. The van der Waals surface area contributed by atoms with E-state index in [-0.39, 0.29) is 24.4 Å². The molecule has 2 fully saturated rings. The average Bonchev–Trinajstić information content (AvgIpc) is 3.16. The van der Waals surface area contributed by atoms with Crippen molar-refractivity contribution in [3.05, 3.63) is 107 Å². The van der Waals surface area contributed by atoms with Crippen molar-refractivity contribution in [3.63, 3.8) is 0 Å². The minimum absolute atomic E-state index is 0.0435. The third kappa shape index (κ3) is 4.68. The quantitative estimate of drug-likeness (QED) is 0.569. The second-order valence-electron chi connectivity index (χ2n) is 9.34. The molecule has 180 valence electrons. The topological polar surface area (TPSA) is 52.7 Å². The first-order chi connectivity index (χ1) is 16.9. The molecule has 0 unspecified atom stereocenters. The number of likely N-dealkylation sites (tertiary alicyclic amines) is 2. The molecule has 2 saturated heterocycles. The van der Waals surface area contributed by atoms with Crippen LogP contribution in [-0.2, 0) is 21.5 Å². The molecule has 5 nitrogen and oxygen atoms in total. The van der Waals surface area contributed by atoms with Crippen LogP contribution < -0.4 is 5.32 Å². The smallest absolute Gasteiger partial charge is 0.239 e. The molecule has 0 atom stereocenters. The summed E-state index contributed by atoms with van der Waals surface area (Å²) >= 11 is 0. The van der Waals surface area contributed by atoms with Crippen molar-refractivity contribution in [2.24, 2.45) is 0 Å². The SMILES string of the molecule is O=C(CN1CCC(c2ccc(F)cc2)(c2ccc(F)cc2)C1=O)NC1CN(Cc2ccccc2)C1. The Morgan fingerprint density at radius 3 is 2.03 bits per heavy atom. The fourth-order valence-electron chi connectivity index (χ4n) is 5.18. The lowest BCUT2D eigenvalue weighted by Gasteiger charge is -2.39. The number of halogens is 2. The van der Waals surface area contributed by atoms with E-state index in [1.165, 1.54) is 29.8 Å². The molecule has 1 N–H and O–H groups in total. The first-order valence-corrected chi connectivity index (χ1v) is 11.8. The van der Waals surface area contributed by atoms with Crippen LogP contribution in [0.1, 0.15) is 23.1 Å². The molecule has 3 aromatic carbocycles. The van der Waals surface area contributed by atoms with Gasteiger partial charge < -0.3 is 10.2 Å². The van der Waals surface area contributed by atoms with E-state index in [2.05, 4.69) is 22.3 Å². The summed E-state index contributed by atoms with van der Waals surface area (Å²) in [7, 11) is 0. The Morgan fingerprint density at radius 1 is 0.886 bits per heavy atom. The summed E-state index contributed by atoms with van der Waals surface area (Å²) in [5.74, 6) is -1.22. The van der Waals surface area contributed by atoms with Gasteiger partial charge >= 0.3 is 0 Å². The number of carbonyl (C=O) groups is 2. The van der Waals surface area contributed by atoms with Gasteiger partial charge in [-0.25, -0.2) is 8.78 Å². The van der Waals surface area contributed by atoms with Gasteiger partial charge in [0.15, 0.2) is 0 Å². The highest BCUT2D eigenvalue weighted by atomic mass is 19.1. The van der Waals surface area contributed by atoms with Crippen LogP contribution in [0.2, 0.25) is 0 Å². The zero-order valence-corrected chi connectivity index (χ0v) is 19.3. The maximum atomic E-state index is 13.7. The molecule has 2 amide bonds. The molecule has 0 aliphatic carbocycles. The molecule has 0 spiro atoms. The molecular weight excluding hydrogens is 448 g/mol. The fourth-order valence-corrected chi connectivity index (χ4v) is 5.18. The molecule has 5 rings (SSSR count). The Bertz CT molecular complexity index is 1150. The first kappa shape index (κ1) is 23.2. The Hall–Kier alpha value is -3.58. The van der Waals surface area contributed by atoms with Crippen molar-refractivity contribution < 1.29 is 18.4 Å². The van der Waals surface area contributed by atoms with Gasteiger partial charge in [-0.15, -0.1) is 0 Å². The summed E-state index contributed by atoms with van der Waals surface area (Å²) in [4.78, 5) is 30.3. The van der Waals surface area contributed by atoms with Crippen LogP contribution in [0, 0.1) is 11.6 Å². The van der Waals surface area contributed by atoms with E-state index in [4.69, 9.17) is 0 Å². The molecule has 0 aromatic heterocycles. The number of amides is 2. The number of nitrogens with zero attached hydrogens (tertiary/aromatic N) is 2. The zero-order valence-electron chi connectivity index (χ0n) is 19.3. The third-order valence-electron chi connectivity index (χ3n) is 6.99. The number of hydrogen-bond acceptors (Lipinski definition) is 3. The van der Waals surface area contributed by atoms with Crippen LogP contribution >= 0.6 is 0 Å². The van der Waals surface area contributed by atoms with E-state index in [0.29, 0.717) is 24.1 Å². The monoisotopic (exact) mass is 475 g/mol. The highest BCUT2D eigenvalue weighted by molar-refractivity contribution is 5.96. The van der Waals surface area contributed by atoms with Crippen molar-refractivity contribution in [1.82, 2.24) is 15.1 Å². The van der Waals surface area contributed by atoms with E-state index >= 15 is 0 Å². The van der Waals surface area contributed by atoms with E-state index in [1.807, 2.05) is 18.2 Å². The summed E-state index contributed by atoms with van der Waals surface area (Å²) in [6, 6.07) is 21.9.